The van der Waals surface area contributed by atoms with Gasteiger partial charge in [-0.1, -0.05) is 25.9 Å². The molecule has 3 atom stereocenters. The molecule has 0 bridgehead atoms. The van der Waals surface area contributed by atoms with E-state index < -0.39 is 17.6 Å². The van der Waals surface area contributed by atoms with Crippen LogP contribution < -0.4 is 5.32 Å². The monoisotopic (exact) mass is 395 g/mol. The van der Waals surface area contributed by atoms with E-state index in [-0.39, 0.29) is 12.0 Å². The van der Waals surface area contributed by atoms with Crippen LogP contribution in [0, 0.1) is 5.41 Å². The molecule has 0 saturated carbocycles. The second-order valence-electron chi connectivity index (χ2n) is 8.78. The Balaban J connectivity index is 1.48. The number of aliphatic hydroxyl groups is 1. The fraction of sp³-hybridized carbons (Fsp3) is 0.800. The Morgan fingerprint density at radius 3 is 2.79 bits per heavy atom. The molecule has 2 saturated heterocycles. The van der Waals surface area contributed by atoms with Crippen molar-refractivity contribution in [3.8, 4) is 0 Å². The van der Waals surface area contributed by atoms with Crippen LogP contribution in [0.15, 0.2) is 10.6 Å². The highest BCUT2D eigenvalue weighted by Crippen LogP contribution is 2.23. The minimum Gasteiger partial charge on any atom is -0.390 e. The van der Waals surface area contributed by atoms with Crippen molar-refractivity contribution in [3.05, 3.63) is 17.5 Å². The average Bonchev–Trinajstić information content (AvgIpc) is 3.08. The summed E-state index contributed by atoms with van der Waals surface area (Å²) in [5, 5.41) is 17.3. The second-order valence-corrected chi connectivity index (χ2v) is 8.78. The highest BCUT2D eigenvalue weighted by Gasteiger charge is 2.32. The standard InChI is InChI=1S/C20H33N3O5/c1-20(2,3)19(25)21-12-18-17(24)5-4-15(27-18)10-14-11-16(28-22-14)13-23-6-8-26-9-7-23/h11,15,17-18,24H,4-10,12-13H2,1-3H3,(H,21,25)/t15-,17-,18+/m0/s1. The third-order valence-corrected chi connectivity index (χ3v) is 5.25. The SMILES string of the molecule is CC(C)(C)C(=O)NC[C@H]1O[C@H](Cc2cc(CN3CCOCC3)on2)CC[C@@H]1O. The topological polar surface area (TPSA) is 97.1 Å². The predicted octanol–water partition coefficient (Wildman–Crippen LogP) is 1.12. The van der Waals surface area contributed by atoms with Gasteiger partial charge in [0.1, 0.15) is 6.10 Å². The lowest BCUT2D eigenvalue weighted by atomic mass is 9.95. The molecule has 1 amide bonds. The van der Waals surface area contributed by atoms with E-state index in [0.29, 0.717) is 19.4 Å². The molecule has 0 aliphatic carbocycles. The molecule has 158 valence electrons. The molecule has 0 spiro atoms. The molecule has 1 aromatic rings. The Bertz CT molecular complexity index is 636. The number of hydrogen-bond acceptors (Lipinski definition) is 7. The maximum absolute atomic E-state index is 12.1. The number of aromatic nitrogens is 1. The van der Waals surface area contributed by atoms with Crippen LogP contribution in [0.4, 0.5) is 0 Å². The minimum atomic E-state index is -0.564. The van der Waals surface area contributed by atoms with Crippen LogP contribution in [0.25, 0.3) is 0 Å². The van der Waals surface area contributed by atoms with E-state index in [1.165, 1.54) is 0 Å². The summed E-state index contributed by atoms with van der Waals surface area (Å²) in [5.41, 5.74) is 0.401. The van der Waals surface area contributed by atoms with Gasteiger partial charge in [0, 0.05) is 37.5 Å². The van der Waals surface area contributed by atoms with Gasteiger partial charge in [-0.25, -0.2) is 0 Å². The van der Waals surface area contributed by atoms with Gasteiger partial charge < -0.3 is 24.4 Å². The van der Waals surface area contributed by atoms with Crippen LogP contribution in [-0.4, -0.2) is 72.2 Å². The first-order valence-electron chi connectivity index (χ1n) is 10.2. The Morgan fingerprint density at radius 1 is 1.32 bits per heavy atom. The van der Waals surface area contributed by atoms with Crippen molar-refractivity contribution < 1.29 is 23.9 Å². The molecule has 0 radical (unpaired) electrons. The Morgan fingerprint density at radius 2 is 2.07 bits per heavy atom. The summed E-state index contributed by atoms with van der Waals surface area (Å²) in [6, 6.07) is 1.99. The van der Waals surface area contributed by atoms with Crippen LogP contribution >= 0.6 is 0 Å². The number of nitrogens with one attached hydrogen (secondary N) is 1. The number of ether oxygens (including phenoxy) is 2. The van der Waals surface area contributed by atoms with Gasteiger partial charge in [-0.15, -0.1) is 0 Å². The number of aliphatic hydroxyl groups excluding tert-OH is 1. The van der Waals surface area contributed by atoms with E-state index in [0.717, 1.165) is 50.7 Å². The average molecular weight is 396 g/mol. The number of carbonyl (C=O) groups excluding carboxylic acids is 1. The fourth-order valence-electron chi connectivity index (χ4n) is 3.48. The van der Waals surface area contributed by atoms with Crippen LogP contribution in [0.5, 0.6) is 0 Å². The summed E-state index contributed by atoms with van der Waals surface area (Å²) in [7, 11) is 0. The van der Waals surface area contributed by atoms with Gasteiger partial charge in [-0.05, 0) is 12.8 Å². The van der Waals surface area contributed by atoms with Crippen LogP contribution in [-0.2, 0) is 27.2 Å². The largest absolute Gasteiger partial charge is 0.390 e. The van der Waals surface area contributed by atoms with Crippen molar-refractivity contribution in [1.82, 2.24) is 15.4 Å². The molecule has 1 aromatic heterocycles. The molecule has 2 aliphatic rings. The summed E-state index contributed by atoms with van der Waals surface area (Å²) < 4.78 is 16.9. The van der Waals surface area contributed by atoms with Gasteiger partial charge >= 0.3 is 0 Å². The molecular formula is C20H33N3O5. The smallest absolute Gasteiger partial charge is 0.225 e. The van der Waals surface area contributed by atoms with E-state index in [1.807, 2.05) is 26.8 Å². The predicted molar refractivity (Wildman–Crippen MR) is 103 cm³/mol. The summed E-state index contributed by atoms with van der Waals surface area (Å²) in [6.45, 7) is 9.96. The van der Waals surface area contributed by atoms with Gasteiger partial charge in [0.05, 0.1) is 37.7 Å². The van der Waals surface area contributed by atoms with E-state index in [1.54, 1.807) is 0 Å². The van der Waals surface area contributed by atoms with E-state index in [2.05, 4.69) is 15.4 Å². The molecule has 2 N–H and O–H groups in total. The molecule has 0 unspecified atom stereocenters. The molecule has 3 heterocycles. The summed E-state index contributed by atoms with van der Waals surface area (Å²) >= 11 is 0. The van der Waals surface area contributed by atoms with Gasteiger partial charge in [0.15, 0.2) is 5.76 Å². The number of rotatable bonds is 6. The van der Waals surface area contributed by atoms with Crippen molar-refractivity contribution in [2.45, 2.75) is 64.9 Å². The Labute approximate surface area is 166 Å². The van der Waals surface area contributed by atoms with Gasteiger partial charge in [-0.3, -0.25) is 9.69 Å². The number of hydrogen-bond donors (Lipinski definition) is 2. The molecule has 3 rings (SSSR count). The first-order chi connectivity index (χ1) is 13.3. The molecule has 8 heteroatoms. The van der Waals surface area contributed by atoms with Crippen molar-refractivity contribution in [2.75, 3.05) is 32.8 Å². The summed E-state index contributed by atoms with van der Waals surface area (Å²) in [4.78, 5) is 14.4. The van der Waals surface area contributed by atoms with E-state index in [9.17, 15) is 9.90 Å². The zero-order valence-electron chi connectivity index (χ0n) is 17.1. The van der Waals surface area contributed by atoms with Crippen molar-refractivity contribution in [2.24, 2.45) is 5.41 Å². The summed E-state index contributed by atoms with van der Waals surface area (Å²) in [5.74, 6) is 0.802. The van der Waals surface area contributed by atoms with Crippen LogP contribution in [0.3, 0.4) is 0 Å². The third kappa shape index (κ3) is 6.01. The third-order valence-electron chi connectivity index (χ3n) is 5.25. The molecule has 0 aromatic carbocycles. The highest BCUT2D eigenvalue weighted by atomic mass is 16.5. The Kier molecular flexibility index (Phi) is 7.09. The highest BCUT2D eigenvalue weighted by molar-refractivity contribution is 5.81. The minimum absolute atomic E-state index is 0.0405. The lowest BCUT2D eigenvalue weighted by Gasteiger charge is -2.34. The molecule has 2 aliphatic heterocycles. The summed E-state index contributed by atoms with van der Waals surface area (Å²) in [6.07, 6.45) is 1.05. The number of carbonyl (C=O) groups is 1. The zero-order valence-corrected chi connectivity index (χ0v) is 17.1. The quantitative estimate of drug-likeness (QED) is 0.745. The fourth-order valence-corrected chi connectivity index (χ4v) is 3.48. The normalized spacial score (nSPS) is 26.9. The van der Waals surface area contributed by atoms with Crippen molar-refractivity contribution in [1.29, 1.82) is 0 Å². The van der Waals surface area contributed by atoms with Crippen molar-refractivity contribution in [3.63, 3.8) is 0 Å². The number of amides is 1. The Hall–Kier alpha value is -1.48. The molecule has 28 heavy (non-hydrogen) atoms. The first kappa shape index (κ1) is 21.2. The first-order valence-corrected chi connectivity index (χ1v) is 10.2. The van der Waals surface area contributed by atoms with Crippen LogP contribution in [0.1, 0.15) is 45.1 Å². The second kappa shape index (κ2) is 9.35. The van der Waals surface area contributed by atoms with E-state index in [4.69, 9.17) is 14.0 Å². The van der Waals surface area contributed by atoms with Gasteiger partial charge in [0.25, 0.3) is 0 Å². The van der Waals surface area contributed by atoms with Gasteiger partial charge in [0.2, 0.25) is 5.91 Å². The number of nitrogens with zero attached hydrogens (tertiary/aromatic N) is 2. The van der Waals surface area contributed by atoms with E-state index >= 15 is 0 Å². The van der Waals surface area contributed by atoms with Gasteiger partial charge in [-0.2, -0.15) is 0 Å². The van der Waals surface area contributed by atoms with Crippen LogP contribution in [0.2, 0.25) is 0 Å². The molecule has 2 fully saturated rings. The zero-order chi connectivity index (χ0) is 20.1. The van der Waals surface area contributed by atoms with Crippen molar-refractivity contribution >= 4 is 5.91 Å². The molecular weight excluding hydrogens is 362 g/mol. The lowest BCUT2D eigenvalue weighted by molar-refractivity contribution is -0.134. The maximum Gasteiger partial charge on any atom is 0.225 e. The number of morpholine rings is 1. The lowest BCUT2D eigenvalue weighted by Crippen LogP contribution is -2.48. The maximum atomic E-state index is 12.1. The molecule has 8 nitrogen and oxygen atoms in total.